The molecule has 64 valence electrons. The Morgan fingerprint density at radius 3 is 2.18 bits per heavy atom. The Bertz CT molecular complexity index is 179. The lowest BCUT2D eigenvalue weighted by Crippen LogP contribution is -2.24. The van der Waals surface area contributed by atoms with Crippen LogP contribution in [0.4, 0.5) is 13.2 Å². The maximum atomic E-state index is 11.7. The third-order valence-corrected chi connectivity index (χ3v) is 2.01. The lowest BCUT2D eigenvalue weighted by atomic mass is 10.0. The van der Waals surface area contributed by atoms with Crippen molar-refractivity contribution < 1.29 is 18.0 Å². The highest BCUT2D eigenvalue weighted by atomic mass is 19.4. The van der Waals surface area contributed by atoms with Gasteiger partial charge in [0.1, 0.15) is 0 Å². The first-order chi connectivity index (χ1) is 4.83. The molecule has 0 unspecified atom stereocenters. The number of rotatable bonds is 2. The molecular weight excluding hydrogens is 157 g/mol. The summed E-state index contributed by atoms with van der Waals surface area (Å²) in [6, 6.07) is 0. The van der Waals surface area contributed by atoms with Crippen LogP contribution in [0.1, 0.15) is 26.2 Å². The number of Topliss-reactive ketones (excluding diaryl/α,β-unsaturated/α-hetero) is 1. The molecule has 0 amide bonds. The van der Waals surface area contributed by atoms with Crippen LogP contribution in [0.15, 0.2) is 0 Å². The average Bonchev–Trinajstić information content (AvgIpc) is 2.45. The van der Waals surface area contributed by atoms with E-state index in [0.717, 1.165) is 12.8 Å². The molecule has 1 aliphatic rings. The van der Waals surface area contributed by atoms with Crippen molar-refractivity contribution >= 4 is 5.78 Å². The molecule has 0 aliphatic heterocycles. The van der Waals surface area contributed by atoms with Gasteiger partial charge < -0.3 is 0 Å². The minimum Gasteiger partial charge on any atom is -0.290 e. The smallest absolute Gasteiger partial charge is 0.290 e. The minimum atomic E-state index is -4.63. The number of hydrogen-bond donors (Lipinski definition) is 0. The lowest BCUT2D eigenvalue weighted by Gasteiger charge is -2.08. The maximum Gasteiger partial charge on any atom is 0.449 e. The summed E-state index contributed by atoms with van der Waals surface area (Å²) < 4.78 is 35.0. The molecule has 0 spiro atoms. The monoisotopic (exact) mass is 166 g/mol. The van der Waals surface area contributed by atoms with Crippen LogP contribution in [0.5, 0.6) is 0 Å². The third-order valence-electron chi connectivity index (χ3n) is 2.01. The molecule has 0 aromatic heterocycles. The number of carbonyl (C=O) groups excluding carboxylic acids is 1. The Labute approximate surface area is 62.6 Å². The van der Waals surface area contributed by atoms with Gasteiger partial charge in [0.05, 0.1) is 0 Å². The number of hydrogen-bond acceptors (Lipinski definition) is 1. The molecule has 0 heterocycles. The molecule has 1 aliphatic carbocycles. The van der Waals surface area contributed by atoms with Gasteiger partial charge in [0.15, 0.2) is 0 Å². The van der Waals surface area contributed by atoms with Crippen LogP contribution in [0.3, 0.4) is 0 Å². The molecule has 0 atom stereocenters. The predicted octanol–water partition coefficient (Wildman–Crippen LogP) is 2.31. The number of carbonyl (C=O) groups is 1. The second kappa shape index (κ2) is 2.22. The number of ketones is 1. The summed E-state index contributed by atoms with van der Waals surface area (Å²) in [5, 5.41) is 0. The van der Waals surface area contributed by atoms with Gasteiger partial charge in [-0.15, -0.1) is 0 Å². The van der Waals surface area contributed by atoms with E-state index in [2.05, 4.69) is 0 Å². The van der Waals surface area contributed by atoms with Crippen LogP contribution in [-0.2, 0) is 4.79 Å². The molecule has 4 heteroatoms. The van der Waals surface area contributed by atoms with Crippen LogP contribution in [0, 0.1) is 5.41 Å². The molecule has 11 heavy (non-hydrogen) atoms. The van der Waals surface area contributed by atoms with Crippen LogP contribution in [-0.4, -0.2) is 12.0 Å². The Hall–Kier alpha value is -0.540. The lowest BCUT2D eigenvalue weighted by molar-refractivity contribution is -0.172. The van der Waals surface area contributed by atoms with Crippen molar-refractivity contribution in [3.63, 3.8) is 0 Å². The predicted molar refractivity (Wildman–Crippen MR) is 33.0 cm³/mol. The molecule has 1 rings (SSSR count). The highest BCUT2D eigenvalue weighted by molar-refractivity contribution is 5.84. The first-order valence-electron chi connectivity index (χ1n) is 3.44. The molecule has 0 saturated heterocycles. The zero-order chi connectivity index (χ0) is 8.70. The molecule has 0 N–H and O–H groups in total. The minimum absolute atomic E-state index is 0.337. The van der Waals surface area contributed by atoms with E-state index in [0.29, 0.717) is 0 Å². The molecule has 0 bridgehead atoms. The summed E-state index contributed by atoms with van der Waals surface area (Å²) in [6.07, 6.45) is -3.48. The van der Waals surface area contributed by atoms with Crippen molar-refractivity contribution in [2.45, 2.75) is 32.4 Å². The van der Waals surface area contributed by atoms with E-state index in [4.69, 9.17) is 0 Å². The van der Waals surface area contributed by atoms with Gasteiger partial charge in [-0.1, -0.05) is 6.92 Å². The van der Waals surface area contributed by atoms with Gasteiger partial charge in [-0.05, 0) is 18.3 Å². The summed E-state index contributed by atoms with van der Waals surface area (Å²) in [5.74, 6) is -1.59. The molecular formula is C7H9F3O. The Kier molecular flexibility index (Phi) is 1.73. The van der Waals surface area contributed by atoms with Gasteiger partial charge in [0, 0.05) is 6.42 Å². The van der Waals surface area contributed by atoms with E-state index in [1.165, 1.54) is 0 Å². The van der Waals surface area contributed by atoms with E-state index in [-0.39, 0.29) is 11.8 Å². The largest absolute Gasteiger partial charge is 0.449 e. The number of alkyl halides is 3. The van der Waals surface area contributed by atoms with Crippen LogP contribution in [0.25, 0.3) is 0 Å². The van der Waals surface area contributed by atoms with E-state index in [1.54, 1.807) is 6.92 Å². The summed E-state index contributed by atoms with van der Waals surface area (Å²) >= 11 is 0. The molecule has 0 aromatic carbocycles. The maximum absolute atomic E-state index is 11.7. The van der Waals surface area contributed by atoms with Crippen LogP contribution >= 0.6 is 0 Å². The zero-order valence-electron chi connectivity index (χ0n) is 6.16. The highest BCUT2D eigenvalue weighted by Crippen LogP contribution is 2.49. The van der Waals surface area contributed by atoms with Crippen molar-refractivity contribution in [2.75, 3.05) is 0 Å². The van der Waals surface area contributed by atoms with Gasteiger partial charge in [0.25, 0.3) is 0 Å². The Morgan fingerprint density at radius 1 is 1.45 bits per heavy atom. The van der Waals surface area contributed by atoms with E-state index in [9.17, 15) is 18.0 Å². The van der Waals surface area contributed by atoms with Gasteiger partial charge in [0.2, 0.25) is 5.78 Å². The summed E-state index contributed by atoms with van der Waals surface area (Å²) in [7, 11) is 0. The van der Waals surface area contributed by atoms with Gasteiger partial charge in [-0.2, -0.15) is 13.2 Å². The van der Waals surface area contributed by atoms with E-state index < -0.39 is 12.0 Å². The standard InChI is InChI=1S/C7H9F3O/c1-6(2-3-6)4-5(11)7(8,9)10/h2-4H2,1H3. The highest BCUT2D eigenvalue weighted by Gasteiger charge is 2.47. The second-order valence-electron chi connectivity index (χ2n) is 3.41. The first kappa shape index (κ1) is 8.56. The first-order valence-corrected chi connectivity index (χ1v) is 3.44. The summed E-state index contributed by atoms with van der Waals surface area (Å²) in [4.78, 5) is 10.4. The third kappa shape index (κ3) is 2.20. The van der Waals surface area contributed by atoms with E-state index >= 15 is 0 Å². The SMILES string of the molecule is CC1(CC(=O)C(F)(F)F)CC1. The van der Waals surface area contributed by atoms with Crippen molar-refractivity contribution in [2.24, 2.45) is 5.41 Å². The van der Waals surface area contributed by atoms with E-state index in [1.807, 2.05) is 0 Å². The second-order valence-corrected chi connectivity index (χ2v) is 3.41. The Morgan fingerprint density at radius 2 is 1.91 bits per heavy atom. The fourth-order valence-corrected chi connectivity index (χ4v) is 0.878. The van der Waals surface area contributed by atoms with Gasteiger partial charge in [-0.25, -0.2) is 0 Å². The van der Waals surface area contributed by atoms with Crippen molar-refractivity contribution in [3.8, 4) is 0 Å². The normalized spacial score (nSPS) is 21.5. The summed E-state index contributed by atoms with van der Waals surface area (Å²) in [5.41, 5.74) is -0.341. The molecule has 1 nitrogen and oxygen atoms in total. The average molecular weight is 166 g/mol. The van der Waals surface area contributed by atoms with Crippen molar-refractivity contribution in [1.29, 1.82) is 0 Å². The molecule has 1 saturated carbocycles. The van der Waals surface area contributed by atoms with Gasteiger partial charge >= 0.3 is 6.18 Å². The quantitative estimate of drug-likeness (QED) is 0.615. The van der Waals surface area contributed by atoms with Gasteiger partial charge in [-0.3, -0.25) is 4.79 Å². The zero-order valence-corrected chi connectivity index (χ0v) is 6.16. The number of halogens is 3. The topological polar surface area (TPSA) is 17.1 Å². The van der Waals surface area contributed by atoms with Crippen LogP contribution < -0.4 is 0 Å². The molecule has 1 fully saturated rings. The molecule has 0 aromatic rings. The van der Waals surface area contributed by atoms with Crippen molar-refractivity contribution in [3.05, 3.63) is 0 Å². The summed E-state index contributed by atoms with van der Waals surface area (Å²) in [6.45, 7) is 1.70. The fourth-order valence-electron chi connectivity index (χ4n) is 0.878. The van der Waals surface area contributed by atoms with Crippen molar-refractivity contribution in [1.82, 2.24) is 0 Å². The fraction of sp³-hybridized carbons (Fsp3) is 0.857. The Balaban J connectivity index is 2.44. The van der Waals surface area contributed by atoms with Crippen LogP contribution in [0.2, 0.25) is 0 Å². The molecule has 0 radical (unpaired) electrons.